The number of amides is 3. The molecule has 1 saturated heterocycles. The molecule has 1 fully saturated rings. The van der Waals surface area contributed by atoms with Gasteiger partial charge in [0.15, 0.2) is 0 Å². The molecule has 1 aromatic rings. The van der Waals surface area contributed by atoms with E-state index in [1.165, 1.54) is 6.20 Å². The van der Waals surface area contributed by atoms with Gasteiger partial charge in [0, 0.05) is 44.0 Å². The Morgan fingerprint density at radius 2 is 2.00 bits per heavy atom. The second-order valence-corrected chi connectivity index (χ2v) is 7.22. The van der Waals surface area contributed by atoms with Crippen LogP contribution in [-0.4, -0.2) is 52.8 Å². The lowest BCUT2D eigenvalue weighted by atomic mass is 10.1. The Bertz CT molecular complexity index is 625. The van der Waals surface area contributed by atoms with Crippen LogP contribution in [0.3, 0.4) is 0 Å². The lowest BCUT2D eigenvalue weighted by Gasteiger charge is -2.31. The van der Waals surface area contributed by atoms with E-state index in [0.29, 0.717) is 31.6 Å². The molecule has 7 heteroatoms. The topological polar surface area (TPSA) is 91.4 Å². The first-order valence-corrected chi connectivity index (χ1v) is 8.55. The van der Waals surface area contributed by atoms with Gasteiger partial charge in [0.25, 0.3) is 5.91 Å². The summed E-state index contributed by atoms with van der Waals surface area (Å²) in [7, 11) is 0. The third kappa shape index (κ3) is 5.27. The molecular formula is C18H26N4O3. The number of carbonyl (C=O) groups excluding carboxylic acids is 3. The minimum atomic E-state index is -0.295. The van der Waals surface area contributed by atoms with Gasteiger partial charge in [-0.05, 0) is 39.3 Å². The summed E-state index contributed by atoms with van der Waals surface area (Å²) in [4.78, 5) is 41.7. The van der Waals surface area contributed by atoms with Gasteiger partial charge in [-0.3, -0.25) is 19.4 Å². The standard InChI is InChI=1S/C18H26N4O3/c1-18(2,3)22-12-14(10-15(22)23)17(25)21-9-5-8-20-16(24)13-6-4-7-19-11-13/h4,6-7,11,14H,5,8-10,12H2,1-3H3,(H,20,24)(H,21,25). The van der Waals surface area contributed by atoms with Gasteiger partial charge in [0.05, 0.1) is 11.5 Å². The average molecular weight is 346 g/mol. The van der Waals surface area contributed by atoms with Crippen molar-refractivity contribution >= 4 is 17.7 Å². The third-order valence-corrected chi connectivity index (χ3v) is 4.17. The highest BCUT2D eigenvalue weighted by Crippen LogP contribution is 2.25. The van der Waals surface area contributed by atoms with Gasteiger partial charge in [0.2, 0.25) is 11.8 Å². The van der Waals surface area contributed by atoms with Crippen LogP contribution in [0.5, 0.6) is 0 Å². The SMILES string of the molecule is CC(C)(C)N1CC(C(=O)NCCCNC(=O)c2cccnc2)CC1=O. The summed E-state index contributed by atoms with van der Waals surface area (Å²) in [5.41, 5.74) is 0.251. The van der Waals surface area contributed by atoms with E-state index in [1.54, 1.807) is 23.2 Å². The van der Waals surface area contributed by atoms with Crippen molar-refractivity contribution in [2.75, 3.05) is 19.6 Å². The van der Waals surface area contributed by atoms with Crippen LogP contribution in [0.4, 0.5) is 0 Å². The van der Waals surface area contributed by atoms with E-state index in [-0.39, 0.29) is 35.6 Å². The molecular weight excluding hydrogens is 320 g/mol. The molecule has 1 aliphatic rings. The Hall–Kier alpha value is -2.44. The van der Waals surface area contributed by atoms with Crippen LogP contribution in [0.2, 0.25) is 0 Å². The Kier molecular flexibility index (Phi) is 6.12. The molecule has 0 aliphatic carbocycles. The molecule has 0 radical (unpaired) electrons. The molecule has 1 unspecified atom stereocenters. The molecule has 25 heavy (non-hydrogen) atoms. The smallest absolute Gasteiger partial charge is 0.252 e. The Labute approximate surface area is 148 Å². The summed E-state index contributed by atoms with van der Waals surface area (Å²) in [6.07, 6.45) is 4.01. The second-order valence-electron chi connectivity index (χ2n) is 7.22. The van der Waals surface area contributed by atoms with E-state index in [4.69, 9.17) is 0 Å². The van der Waals surface area contributed by atoms with E-state index in [1.807, 2.05) is 20.8 Å². The zero-order valence-electron chi connectivity index (χ0n) is 15.0. The molecule has 136 valence electrons. The molecule has 2 N–H and O–H groups in total. The minimum Gasteiger partial charge on any atom is -0.356 e. The van der Waals surface area contributed by atoms with Crippen LogP contribution in [0, 0.1) is 5.92 Å². The molecule has 0 spiro atoms. The zero-order chi connectivity index (χ0) is 18.4. The molecule has 2 heterocycles. The molecule has 0 saturated carbocycles. The molecule has 1 aliphatic heterocycles. The zero-order valence-corrected chi connectivity index (χ0v) is 15.0. The Balaban J connectivity index is 1.66. The van der Waals surface area contributed by atoms with E-state index in [0.717, 1.165) is 0 Å². The van der Waals surface area contributed by atoms with Crippen LogP contribution < -0.4 is 10.6 Å². The van der Waals surface area contributed by atoms with Crippen LogP contribution in [-0.2, 0) is 9.59 Å². The first-order valence-electron chi connectivity index (χ1n) is 8.55. The number of hydrogen-bond donors (Lipinski definition) is 2. The number of aromatic nitrogens is 1. The molecule has 2 rings (SSSR count). The molecule has 7 nitrogen and oxygen atoms in total. The molecule has 0 aromatic carbocycles. The summed E-state index contributed by atoms with van der Waals surface area (Å²) in [5.74, 6) is -0.548. The van der Waals surface area contributed by atoms with Crippen LogP contribution in [0.1, 0.15) is 44.0 Å². The lowest BCUT2D eigenvalue weighted by Crippen LogP contribution is -2.43. The summed E-state index contributed by atoms with van der Waals surface area (Å²) in [6, 6.07) is 3.40. The van der Waals surface area contributed by atoms with Crippen molar-refractivity contribution < 1.29 is 14.4 Å². The molecule has 3 amide bonds. The number of nitrogens with zero attached hydrogens (tertiary/aromatic N) is 2. The molecule has 1 atom stereocenters. The maximum Gasteiger partial charge on any atom is 0.252 e. The van der Waals surface area contributed by atoms with Gasteiger partial charge in [0.1, 0.15) is 0 Å². The highest BCUT2D eigenvalue weighted by Gasteiger charge is 2.39. The van der Waals surface area contributed by atoms with Gasteiger partial charge in [-0.2, -0.15) is 0 Å². The monoisotopic (exact) mass is 346 g/mol. The second kappa shape index (κ2) is 8.09. The summed E-state index contributed by atoms with van der Waals surface area (Å²) in [6.45, 7) is 7.30. The summed E-state index contributed by atoms with van der Waals surface area (Å²) >= 11 is 0. The largest absolute Gasteiger partial charge is 0.356 e. The highest BCUT2D eigenvalue weighted by molar-refractivity contribution is 5.93. The van der Waals surface area contributed by atoms with E-state index in [2.05, 4.69) is 15.6 Å². The summed E-state index contributed by atoms with van der Waals surface area (Å²) in [5, 5.41) is 5.63. The lowest BCUT2D eigenvalue weighted by molar-refractivity contribution is -0.132. The van der Waals surface area contributed by atoms with E-state index in [9.17, 15) is 14.4 Å². The Morgan fingerprint density at radius 3 is 2.60 bits per heavy atom. The van der Waals surface area contributed by atoms with Gasteiger partial charge in [-0.25, -0.2) is 0 Å². The van der Waals surface area contributed by atoms with Gasteiger partial charge < -0.3 is 15.5 Å². The van der Waals surface area contributed by atoms with Crippen molar-refractivity contribution in [3.8, 4) is 0 Å². The molecule has 0 bridgehead atoms. The maximum absolute atomic E-state index is 12.2. The fourth-order valence-corrected chi connectivity index (χ4v) is 2.78. The van der Waals surface area contributed by atoms with E-state index < -0.39 is 0 Å². The van der Waals surface area contributed by atoms with Gasteiger partial charge in [-0.15, -0.1) is 0 Å². The fraction of sp³-hybridized carbons (Fsp3) is 0.556. The molecule has 1 aromatic heterocycles. The highest BCUT2D eigenvalue weighted by atomic mass is 16.2. The van der Waals surface area contributed by atoms with Crippen molar-refractivity contribution in [1.29, 1.82) is 0 Å². The van der Waals surface area contributed by atoms with Gasteiger partial charge >= 0.3 is 0 Å². The van der Waals surface area contributed by atoms with E-state index >= 15 is 0 Å². The summed E-state index contributed by atoms with van der Waals surface area (Å²) < 4.78 is 0. The minimum absolute atomic E-state index is 0.0244. The first-order chi connectivity index (χ1) is 11.8. The van der Waals surface area contributed by atoms with Crippen molar-refractivity contribution in [2.45, 2.75) is 39.2 Å². The van der Waals surface area contributed by atoms with Crippen LogP contribution in [0.15, 0.2) is 24.5 Å². The van der Waals surface area contributed by atoms with Crippen molar-refractivity contribution in [3.63, 3.8) is 0 Å². The van der Waals surface area contributed by atoms with Crippen LogP contribution >= 0.6 is 0 Å². The third-order valence-electron chi connectivity index (χ3n) is 4.17. The number of pyridine rings is 1. The maximum atomic E-state index is 12.2. The number of carbonyl (C=O) groups is 3. The first kappa shape index (κ1) is 18.9. The number of likely N-dealkylation sites (tertiary alicyclic amines) is 1. The van der Waals surface area contributed by atoms with Crippen molar-refractivity contribution in [1.82, 2.24) is 20.5 Å². The number of rotatable bonds is 6. The number of nitrogens with one attached hydrogen (secondary N) is 2. The predicted molar refractivity (Wildman–Crippen MR) is 93.8 cm³/mol. The quantitative estimate of drug-likeness (QED) is 0.751. The fourth-order valence-electron chi connectivity index (χ4n) is 2.78. The van der Waals surface area contributed by atoms with Gasteiger partial charge in [-0.1, -0.05) is 0 Å². The Morgan fingerprint density at radius 1 is 1.28 bits per heavy atom. The van der Waals surface area contributed by atoms with Crippen molar-refractivity contribution in [2.24, 2.45) is 5.92 Å². The predicted octanol–water partition coefficient (Wildman–Crippen LogP) is 0.965. The van der Waals surface area contributed by atoms with Crippen molar-refractivity contribution in [3.05, 3.63) is 30.1 Å². The average Bonchev–Trinajstić information content (AvgIpc) is 2.97. The normalized spacial score (nSPS) is 17.5. The van der Waals surface area contributed by atoms with Crippen LogP contribution in [0.25, 0.3) is 0 Å². The number of hydrogen-bond acceptors (Lipinski definition) is 4.